The minimum absolute atomic E-state index is 0.137. The van der Waals surface area contributed by atoms with Gasteiger partial charge in [-0.05, 0) is 48.5 Å². The van der Waals surface area contributed by atoms with Gasteiger partial charge in [0.25, 0.3) is 10.0 Å². The van der Waals surface area contributed by atoms with Gasteiger partial charge in [0.1, 0.15) is 5.82 Å². The van der Waals surface area contributed by atoms with Crippen LogP contribution in [0.25, 0.3) is 0 Å². The van der Waals surface area contributed by atoms with Gasteiger partial charge in [-0.3, -0.25) is 0 Å². The van der Waals surface area contributed by atoms with E-state index in [1.807, 2.05) is 0 Å². The molecule has 1 heterocycles. The molecule has 8 nitrogen and oxygen atoms in total. The van der Waals surface area contributed by atoms with Crippen molar-refractivity contribution in [3.05, 3.63) is 65.7 Å². The molecule has 152 valence electrons. The van der Waals surface area contributed by atoms with Crippen LogP contribution in [0, 0.1) is 0 Å². The zero-order valence-electron chi connectivity index (χ0n) is 14.4. The Balaban J connectivity index is 1.87. The number of benzene rings is 2. The number of nitrogen functional groups attached to an aromatic ring is 2. The van der Waals surface area contributed by atoms with E-state index in [-0.39, 0.29) is 5.56 Å². The average Bonchev–Trinajstić information content (AvgIpc) is 3.02. The number of hydrogen-bond donors (Lipinski definition) is 2. The topological polar surface area (TPSA) is 130 Å². The third-order valence-corrected chi connectivity index (χ3v) is 5.35. The van der Waals surface area contributed by atoms with Crippen molar-refractivity contribution >= 4 is 27.5 Å². The Hall–Kier alpha value is -3.54. The van der Waals surface area contributed by atoms with E-state index in [9.17, 15) is 26.4 Å². The van der Waals surface area contributed by atoms with Crippen LogP contribution in [0.15, 0.2) is 59.5 Å². The van der Waals surface area contributed by atoms with Gasteiger partial charge in [-0.15, -0.1) is 9.19 Å². The maximum absolute atomic E-state index is 12.6. The van der Waals surface area contributed by atoms with Gasteiger partial charge in [0.2, 0.25) is 5.88 Å². The predicted molar refractivity (Wildman–Crippen MR) is 96.5 cm³/mol. The Morgan fingerprint density at radius 3 is 2.14 bits per heavy atom. The number of halogens is 3. The van der Waals surface area contributed by atoms with Crippen molar-refractivity contribution in [2.75, 3.05) is 11.5 Å². The molecule has 4 N–H and O–H groups in total. The summed E-state index contributed by atoms with van der Waals surface area (Å²) < 4.78 is 68.5. The lowest BCUT2D eigenvalue weighted by Gasteiger charge is -2.09. The van der Waals surface area contributed by atoms with Gasteiger partial charge >= 0.3 is 12.1 Å². The van der Waals surface area contributed by atoms with Crippen LogP contribution in [0.4, 0.5) is 24.7 Å². The first-order chi connectivity index (χ1) is 13.5. The van der Waals surface area contributed by atoms with E-state index >= 15 is 0 Å². The summed E-state index contributed by atoms with van der Waals surface area (Å²) in [4.78, 5) is 11.6. The molecule has 3 rings (SSSR count). The SMILES string of the molecule is Nc1ccc(C(=O)Oc2cc(N)n(S(=O)(=O)c3ccc(C(F)(F)F)cc3)n2)cc1. The lowest BCUT2D eigenvalue weighted by molar-refractivity contribution is -0.137. The molecule has 29 heavy (non-hydrogen) atoms. The molecule has 0 atom stereocenters. The molecule has 0 aliphatic rings. The van der Waals surface area contributed by atoms with Crippen molar-refractivity contribution in [3.63, 3.8) is 0 Å². The number of aromatic nitrogens is 2. The molecule has 0 bridgehead atoms. The Morgan fingerprint density at radius 2 is 1.59 bits per heavy atom. The van der Waals surface area contributed by atoms with E-state index in [1.54, 1.807) is 0 Å². The summed E-state index contributed by atoms with van der Waals surface area (Å²) >= 11 is 0. The number of ether oxygens (including phenoxy) is 1. The zero-order chi connectivity index (χ0) is 21.4. The Kier molecular flexibility index (Phi) is 4.96. The highest BCUT2D eigenvalue weighted by atomic mass is 32.2. The van der Waals surface area contributed by atoms with Crippen molar-refractivity contribution in [1.82, 2.24) is 9.19 Å². The molecule has 0 amide bonds. The fraction of sp³-hybridized carbons (Fsp3) is 0.0588. The smallest absolute Gasteiger partial charge is 0.402 e. The minimum atomic E-state index is -4.61. The Labute approximate surface area is 162 Å². The highest BCUT2D eigenvalue weighted by molar-refractivity contribution is 7.90. The molecule has 0 saturated heterocycles. The fourth-order valence-electron chi connectivity index (χ4n) is 2.29. The first-order valence-corrected chi connectivity index (χ1v) is 9.28. The Morgan fingerprint density at radius 1 is 1.00 bits per heavy atom. The summed E-state index contributed by atoms with van der Waals surface area (Å²) in [6, 6.07) is 9.53. The van der Waals surface area contributed by atoms with Crippen LogP contribution < -0.4 is 16.2 Å². The lowest BCUT2D eigenvalue weighted by Crippen LogP contribution is -2.17. The number of nitrogens with zero attached hydrogens (tertiary/aromatic N) is 2. The second kappa shape index (κ2) is 7.13. The number of rotatable bonds is 4. The van der Waals surface area contributed by atoms with Crippen LogP contribution in [0.2, 0.25) is 0 Å². The predicted octanol–water partition coefficient (Wildman–Crippen LogP) is 2.52. The van der Waals surface area contributed by atoms with Crippen LogP contribution in [-0.2, 0) is 16.2 Å². The fourth-order valence-corrected chi connectivity index (χ4v) is 3.49. The number of nitrogens with two attached hydrogens (primary N) is 2. The number of hydrogen-bond acceptors (Lipinski definition) is 7. The lowest BCUT2D eigenvalue weighted by atomic mass is 10.2. The highest BCUT2D eigenvalue weighted by Crippen LogP contribution is 2.30. The van der Waals surface area contributed by atoms with Gasteiger partial charge in [0.15, 0.2) is 0 Å². The molecular formula is C17H13F3N4O4S. The third kappa shape index (κ3) is 4.16. The summed E-state index contributed by atoms with van der Waals surface area (Å²) in [5.74, 6) is -1.63. The molecule has 0 saturated carbocycles. The van der Waals surface area contributed by atoms with Gasteiger partial charge in [-0.1, -0.05) is 0 Å². The molecule has 12 heteroatoms. The second-order valence-corrected chi connectivity index (χ2v) is 7.56. The highest BCUT2D eigenvalue weighted by Gasteiger charge is 2.31. The van der Waals surface area contributed by atoms with Crippen molar-refractivity contribution < 1.29 is 31.1 Å². The first kappa shape index (κ1) is 20.2. The average molecular weight is 426 g/mol. The minimum Gasteiger partial charge on any atom is -0.402 e. The Bertz CT molecular complexity index is 1150. The summed E-state index contributed by atoms with van der Waals surface area (Å²) in [5.41, 5.74) is 10.7. The van der Waals surface area contributed by atoms with Gasteiger partial charge in [0.05, 0.1) is 16.0 Å². The maximum atomic E-state index is 12.6. The molecule has 0 unspecified atom stereocenters. The van der Waals surface area contributed by atoms with Gasteiger partial charge in [0, 0.05) is 11.8 Å². The molecule has 2 aromatic carbocycles. The van der Waals surface area contributed by atoms with E-state index < -0.39 is 44.3 Å². The van der Waals surface area contributed by atoms with Crippen LogP contribution in [0.5, 0.6) is 5.88 Å². The van der Waals surface area contributed by atoms with E-state index in [4.69, 9.17) is 16.2 Å². The van der Waals surface area contributed by atoms with Crippen LogP contribution >= 0.6 is 0 Å². The molecule has 0 radical (unpaired) electrons. The molecular weight excluding hydrogens is 413 g/mol. The van der Waals surface area contributed by atoms with Gasteiger partial charge in [-0.2, -0.15) is 21.6 Å². The summed E-state index contributed by atoms with van der Waals surface area (Å²) in [5, 5.41) is 3.63. The standard InChI is InChI=1S/C17H13F3N4O4S/c18-17(19,20)11-3-7-13(8-4-11)29(26,27)24-14(22)9-15(23-24)28-16(25)10-1-5-12(21)6-2-10/h1-9H,21-22H2. The normalized spacial score (nSPS) is 12.0. The zero-order valence-corrected chi connectivity index (χ0v) is 15.2. The molecule has 0 aliphatic carbocycles. The van der Waals surface area contributed by atoms with E-state index in [2.05, 4.69) is 5.10 Å². The van der Waals surface area contributed by atoms with E-state index in [0.29, 0.717) is 21.9 Å². The first-order valence-electron chi connectivity index (χ1n) is 7.84. The number of anilines is 2. The van der Waals surface area contributed by atoms with Crippen molar-refractivity contribution in [2.24, 2.45) is 0 Å². The molecule has 1 aromatic heterocycles. The van der Waals surface area contributed by atoms with Crippen LogP contribution in [0.3, 0.4) is 0 Å². The molecule has 0 fully saturated rings. The number of carbonyl (C=O) groups is 1. The number of esters is 1. The van der Waals surface area contributed by atoms with Crippen molar-refractivity contribution in [1.29, 1.82) is 0 Å². The summed E-state index contributed by atoms with van der Waals surface area (Å²) in [6.07, 6.45) is -4.61. The quantitative estimate of drug-likeness (QED) is 0.484. The maximum Gasteiger partial charge on any atom is 0.416 e. The van der Waals surface area contributed by atoms with E-state index in [0.717, 1.165) is 18.2 Å². The van der Waals surface area contributed by atoms with Gasteiger partial charge < -0.3 is 16.2 Å². The van der Waals surface area contributed by atoms with Gasteiger partial charge in [-0.25, -0.2) is 4.79 Å². The number of alkyl halides is 3. The van der Waals surface area contributed by atoms with Crippen LogP contribution in [0.1, 0.15) is 15.9 Å². The molecule has 0 spiro atoms. The second-order valence-electron chi connectivity index (χ2n) is 5.79. The van der Waals surface area contributed by atoms with Crippen LogP contribution in [-0.4, -0.2) is 23.6 Å². The summed E-state index contributed by atoms with van der Waals surface area (Å²) in [7, 11) is -4.41. The largest absolute Gasteiger partial charge is 0.416 e. The summed E-state index contributed by atoms with van der Waals surface area (Å²) in [6.45, 7) is 0. The van der Waals surface area contributed by atoms with Crippen molar-refractivity contribution in [2.45, 2.75) is 11.1 Å². The monoisotopic (exact) mass is 426 g/mol. The number of carbonyl (C=O) groups excluding carboxylic acids is 1. The molecule has 0 aliphatic heterocycles. The van der Waals surface area contributed by atoms with Crippen molar-refractivity contribution in [3.8, 4) is 5.88 Å². The third-order valence-electron chi connectivity index (χ3n) is 3.73. The molecule has 3 aromatic rings. The van der Waals surface area contributed by atoms with E-state index in [1.165, 1.54) is 24.3 Å².